The van der Waals surface area contributed by atoms with E-state index in [1.807, 2.05) is 28.8 Å². The maximum absolute atomic E-state index is 14.1. The van der Waals surface area contributed by atoms with E-state index in [1.54, 1.807) is 55.6 Å². The summed E-state index contributed by atoms with van der Waals surface area (Å²) in [6.07, 6.45) is -0.0975. The quantitative estimate of drug-likeness (QED) is 0.176. The molecule has 0 radical (unpaired) electrons. The fraction of sp³-hybridized carbons (Fsp3) is 0.167. The minimum Gasteiger partial charge on any atom is -0.484 e. The maximum atomic E-state index is 14.1. The summed E-state index contributed by atoms with van der Waals surface area (Å²) in [5, 5.41) is 0. The van der Waals surface area contributed by atoms with Gasteiger partial charge in [-0.05, 0) is 42.8 Å². The van der Waals surface area contributed by atoms with Crippen LogP contribution >= 0.6 is 11.3 Å². The van der Waals surface area contributed by atoms with Crippen LogP contribution in [-0.4, -0.2) is 28.4 Å². The number of ether oxygens (including phenoxy) is 3. The summed E-state index contributed by atoms with van der Waals surface area (Å²) in [5.74, 6) is -0.933. The third kappa shape index (κ3) is 5.57. The van der Waals surface area contributed by atoms with Crippen molar-refractivity contribution < 1.29 is 32.6 Å². The number of carbonyl (C=O) groups is 2. The maximum Gasteiger partial charge on any atom is 0.351 e. The molecule has 5 rings (SSSR count). The van der Waals surface area contributed by atoms with Crippen molar-refractivity contribution in [2.24, 2.45) is 0 Å². The molecule has 0 aliphatic rings. The Morgan fingerprint density at radius 2 is 1.75 bits per heavy atom. The number of benzene rings is 2. The van der Waals surface area contributed by atoms with E-state index in [2.05, 4.69) is 4.98 Å². The fourth-order valence-corrected chi connectivity index (χ4v) is 5.29. The van der Waals surface area contributed by atoms with Crippen LogP contribution in [0.5, 0.6) is 5.75 Å². The number of fused-ring (bicyclic) bond motifs is 1. The molecule has 40 heavy (non-hydrogen) atoms. The third-order valence-electron chi connectivity index (χ3n) is 6.25. The standard InChI is InChI=1S/C30H24F2N2O5S/c1-18(21-12-11-19(14-22(21)28(31)32)17-38-29(35)20-8-4-3-5-9-20)39-24-15-25(40-27(24)30(36)37-2)23-16-33-26-10-6-7-13-34(23)26/h3-16,18,28H,17H2,1-2H3/t18-/m1/s1. The number of alkyl halides is 2. The number of halogens is 2. The van der Waals surface area contributed by atoms with E-state index in [9.17, 15) is 18.4 Å². The van der Waals surface area contributed by atoms with Crippen molar-refractivity contribution >= 4 is 28.9 Å². The summed E-state index contributed by atoms with van der Waals surface area (Å²) < 4.78 is 46.5. The van der Waals surface area contributed by atoms with Gasteiger partial charge in [0.25, 0.3) is 6.43 Å². The number of hydrogen-bond acceptors (Lipinski definition) is 7. The highest BCUT2D eigenvalue weighted by atomic mass is 32.1. The van der Waals surface area contributed by atoms with Crippen molar-refractivity contribution in [2.45, 2.75) is 26.1 Å². The van der Waals surface area contributed by atoms with Crippen molar-refractivity contribution in [2.75, 3.05) is 7.11 Å². The van der Waals surface area contributed by atoms with Gasteiger partial charge in [-0.3, -0.25) is 4.40 Å². The van der Waals surface area contributed by atoms with E-state index < -0.39 is 24.5 Å². The third-order valence-corrected chi connectivity index (χ3v) is 7.36. The largest absolute Gasteiger partial charge is 0.484 e. The molecule has 1 atom stereocenters. The van der Waals surface area contributed by atoms with Gasteiger partial charge in [0, 0.05) is 23.4 Å². The molecule has 0 amide bonds. The Morgan fingerprint density at radius 1 is 0.975 bits per heavy atom. The first-order valence-corrected chi connectivity index (χ1v) is 13.1. The van der Waals surface area contributed by atoms with Crippen molar-refractivity contribution in [3.63, 3.8) is 0 Å². The van der Waals surface area contributed by atoms with Crippen LogP contribution in [0.2, 0.25) is 0 Å². The van der Waals surface area contributed by atoms with Crippen LogP contribution in [0.4, 0.5) is 8.78 Å². The Kier molecular flexibility index (Phi) is 7.88. The Labute approximate surface area is 232 Å². The second-order valence-electron chi connectivity index (χ2n) is 8.83. The molecule has 2 aromatic carbocycles. The molecule has 0 fully saturated rings. The van der Waals surface area contributed by atoms with Gasteiger partial charge in [-0.1, -0.05) is 36.4 Å². The predicted molar refractivity (Wildman–Crippen MR) is 146 cm³/mol. The second-order valence-corrected chi connectivity index (χ2v) is 9.89. The Hall–Kier alpha value is -4.57. The Morgan fingerprint density at radius 3 is 2.50 bits per heavy atom. The summed E-state index contributed by atoms with van der Waals surface area (Å²) in [6.45, 7) is 1.46. The predicted octanol–water partition coefficient (Wildman–Crippen LogP) is 7.28. The number of esters is 2. The van der Waals surface area contributed by atoms with E-state index >= 15 is 0 Å². The zero-order valence-corrected chi connectivity index (χ0v) is 22.4. The average Bonchev–Trinajstić information content (AvgIpc) is 3.60. The molecule has 0 spiro atoms. The highest BCUT2D eigenvalue weighted by molar-refractivity contribution is 7.17. The lowest BCUT2D eigenvalue weighted by atomic mass is 10.0. The minimum absolute atomic E-state index is 0.164. The number of imidazole rings is 1. The van der Waals surface area contributed by atoms with Crippen molar-refractivity contribution in [3.05, 3.63) is 112 Å². The van der Waals surface area contributed by atoms with Gasteiger partial charge >= 0.3 is 11.9 Å². The molecule has 3 aromatic heterocycles. The van der Waals surface area contributed by atoms with Crippen molar-refractivity contribution in [1.29, 1.82) is 0 Å². The highest BCUT2D eigenvalue weighted by Gasteiger charge is 2.25. The zero-order chi connectivity index (χ0) is 28.2. The molecule has 0 unspecified atom stereocenters. The molecule has 0 saturated carbocycles. The Bertz CT molecular complexity index is 1670. The van der Waals surface area contributed by atoms with Gasteiger partial charge in [0.2, 0.25) is 0 Å². The van der Waals surface area contributed by atoms with E-state index in [0.29, 0.717) is 16.0 Å². The summed E-state index contributed by atoms with van der Waals surface area (Å²) in [4.78, 5) is 30.1. The lowest BCUT2D eigenvalue weighted by Gasteiger charge is -2.19. The van der Waals surface area contributed by atoms with Crippen LogP contribution in [0, 0.1) is 0 Å². The molecule has 0 aliphatic carbocycles. The molecule has 0 saturated heterocycles. The molecular weight excluding hydrogens is 538 g/mol. The van der Waals surface area contributed by atoms with Gasteiger partial charge in [0.05, 0.1) is 29.4 Å². The fourth-order valence-electron chi connectivity index (χ4n) is 4.27. The summed E-state index contributed by atoms with van der Waals surface area (Å²) in [7, 11) is 1.27. The van der Waals surface area contributed by atoms with Gasteiger partial charge in [0.1, 0.15) is 24.1 Å². The summed E-state index contributed by atoms with van der Waals surface area (Å²) in [5.41, 5.74) is 2.25. The zero-order valence-electron chi connectivity index (χ0n) is 21.5. The van der Waals surface area contributed by atoms with Crippen LogP contribution in [0.1, 0.15) is 56.2 Å². The van der Waals surface area contributed by atoms with Crippen LogP contribution in [0.25, 0.3) is 16.2 Å². The first-order chi connectivity index (χ1) is 19.4. The van der Waals surface area contributed by atoms with E-state index in [0.717, 1.165) is 11.3 Å². The highest BCUT2D eigenvalue weighted by Crippen LogP contribution is 2.40. The van der Waals surface area contributed by atoms with Crippen molar-refractivity contribution in [1.82, 2.24) is 9.38 Å². The molecule has 3 heterocycles. The lowest BCUT2D eigenvalue weighted by molar-refractivity contribution is 0.0471. The number of methoxy groups -OCH3 is 1. The molecule has 0 N–H and O–H groups in total. The molecule has 10 heteroatoms. The number of rotatable bonds is 9. The normalized spacial score (nSPS) is 11.9. The van der Waals surface area contributed by atoms with Gasteiger partial charge < -0.3 is 14.2 Å². The van der Waals surface area contributed by atoms with Gasteiger partial charge in [0.15, 0.2) is 4.88 Å². The molecular formula is C30H24F2N2O5S. The van der Waals surface area contributed by atoms with E-state index in [4.69, 9.17) is 14.2 Å². The second kappa shape index (κ2) is 11.7. The first kappa shape index (κ1) is 27.0. The summed E-state index contributed by atoms with van der Waals surface area (Å²) in [6, 6.07) is 20.1. The Balaban J connectivity index is 1.39. The molecule has 0 bridgehead atoms. The summed E-state index contributed by atoms with van der Waals surface area (Å²) >= 11 is 1.17. The van der Waals surface area contributed by atoms with Crippen LogP contribution < -0.4 is 4.74 Å². The van der Waals surface area contributed by atoms with Gasteiger partial charge in [-0.2, -0.15) is 0 Å². The molecule has 7 nitrogen and oxygen atoms in total. The van der Waals surface area contributed by atoms with E-state index in [1.165, 1.54) is 30.6 Å². The van der Waals surface area contributed by atoms with E-state index in [-0.39, 0.29) is 28.4 Å². The van der Waals surface area contributed by atoms with Crippen LogP contribution in [0.15, 0.2) is 85.2 Å². The number of nitrogens with zero attached hydrogens (tertiary/aromatic N) is 2. The lowest BCUT2D eigenvalue weighted by Crippen LogP contribution is -2.10. The SMILES string of the molecule is COC(=O)c1sc(-c2cnc3ccccn23)cc1O[C@H](C)c1ccc(COC(=O)c2ccccc2)cc1C(F)F. The van der Waals surface area contributed by atoms with Crippen molar-refractivity contribution in [3.8, 4) is 16.3 Å². The van der Waals surface area contributed by atoms with Gasteiger partial charge in [-0.15, -0.1) is 11.3 Å². The number of pyridine rings is 1. The minimum atomic E-state index is -2.80. The monoisotopic (exact) mass is 562 g/mol. The number of thiophene rings is 1. The number of carbonyl (C=O) groups excluding carboxylic acids is 2. The number of hydrogen-bond donors (Lipinski definition) is 0. The number of aromatic nitrogens is 2. The van der Waals surface area contributed by atoms with Crippen LogP contribution in [-0.2, 0) is 16.1 Å². The molecule has 0 aliphatic heterocycles. The molecule has 204 valence electrons. The topological polar surface area (TPSA) is 79.1 Å². The smallest absolute Gasteiger partial charge is 0.351 e. The average molecular weight is 563 g/mol. The molecule has 5 aromatic rings. The van der Waals surface area contributed by atoms with Crippen LogP contribution in [0.3, 0.4) is 0 Å². The first-order valence-electron chi connectivity index (χ1n) is 12.3. The van der Waals surface area contributed by atoms with Gasteiger partial charge in [-0.25, -0.2) is 23.4 Å².